The molecule has 0 saturated carbocycles. The van der Waals surface area contributed by atoms with Gasteiger partial charge < -0.3 is 10.6 Å². The number of nitrogens with zero attached hydrogens (tertiary/aromatic N) is 3. The molecule has 1 fully saturated rings. The molecule has 0 atom stereocenters. The van der Waals surface area contributed by atoms with Crippen molar-refractivity contribution in [1.82, 2.24) is 14.2 Å². The van der Waals surface area contributed by atoms with E-state index in [0.29, 0.717) is 18.8 Å². The Morgan fingerprint density at radius 1 is 1.37 bits per heavy atom. The molecule has 2 N–H and O–H groups in total. The van der Waals surface area contributed by atoms with E-state index < -0.39 is 10.0 Å². The molecular formula is C11H16N4O3S. The van der Waals surface area contributed by atoms with E-state index in [1.165, 1.54) is 21.5 Å². The van der Waals surface area contributed by atoms with E-state index in [1.54, 1.807) is 13.1 Å². The second-order valence-corrected chi connectivity index (χ2v) is 6.28. The van der Waals surface area contributed by atoms with Gasteiger partial charge in [0.25, 0.3) is 0 Å². The first kappa shape index (κ1) is 13.9. The number of sulfonamides is 1. The standard InChI is InChI=1S/C11H16N4O3S/c1-14-4-5-15(8-11(14)16)19(17,18)10-3-2-9(6-12)13-7-10/h2-3,7H,4-6,8,12H2,1H3. The van der Waals surface area contributed by atoms with Gasteiger partial charge >= 0.3 is 0 Å². The van der Waals surface area contributed by atoms with Gasteiger partial charge in [0.05, 0.1) is 12.2 Å². The lowest BCUT2D eigenvalue weighted by Crippen LogP contribution is -2.50. The van der Waals surface area contributed by atoms with Crippen molar-refractivity contribution in [2.24, 2.45) is 5.73 Å². The lowest BCUT2D eigenvalue weighted by Gasteiger charge is -2.31. The van der Waals surface area contributed by atoms with Crippen LogP contribution >= 0.6 is 0 Å². The molecule has 0 aliphatic carbocycles. The molecule has 0 unspecified atom stereocenters. The molecule has 0 radical (unpaired) electrons. The largest absolute Gasteiger partial charge is 0.343 e. The Morgan fingerprint density at radius 3 is 2.63 bits per heavy atom. The topological polar surface area (TPSA) is 96.6 Å². The summed E-state index contributed by atoms with van der Waals surface area (Å²) in [7, 11) is -2.00. The summed E-state index contributed by atoms with van der Waals surface area (Å²) in [5.74, 6) is -0.207. The van der Waals surface area contributed by atoms with Crippen LogP contribution in [-0.4, -0.2) is 55.2 Å². The Bertz CT molecular complexity index is 570. The fourth-order valence-corrected chi connectivity index (χ4v) is 3.10. The lowest BCUT2D eigenvalue weighted by molar-refractivity contribution is -0.132. The molecule has 8 heteroatoms. The van der Waals surface area contributed by atoms with Gasteiger partial charge in [0.1, 0.15) is 4.90 Å². The van der Waals surface area contributed by atoms with Crippen LogP contribution in [0.25, 0.3) is 0 Å². The van der Waals surface area contributed by atoms with Crippen LogP contribution in [0.4, 0.5) is 0 Å². The Labute approximate surface area is 112 Å². The number of piperazine rings is 1. The molecule has 0 spiro atoms. The zero-order valence-electron chi connectivity index (χ0n) is 10.6. The Balaban J connectivity index is 2.24. The van der Waals surface area contributed by atoms with Crippen LogP contribution in [0.5, 0.6) is 0 Å². The van der Waals surface area contributed by atoms with Crippen LogP contribution in [0.1, 0.15) is 5.69 Å². The molecule has 1 aromatic rings. The number of carbonyl (C=O) groups excluding carboxylic acids is 1. The van der Waals surface area contributed by atoms with Gasteiger partial charge in [-0.3, -0.25) is 9.78 Å². The van der Waals surface area contributed by atoms with Crippen molar-refractivity contribution in [2.75, 3.05) is 26.7 Å². The summed E-state index contributed by atoms with van der Waals surface area (Å²) in [5, 5.41) is 0. The number of likely N-dealkylation sites (N-methyl/N-ethyl adjacent to an activating group) is 1. The molecular weight excluding hydrogens is 268 g/mol. The zero-order valence-corrected chi connectivity index (χ0v) is 11.4. The second-order valence-electron chi connectivity index (χ2n) is 4.34. The van der Waals surface area contributed by atoms with Crippen LogP contribution in [-0.2, 0) is 21.4 Å². The highest BCUT2D eigenvalue weighted by Crippen LogP contribution is 2.17. The van der Waals surface area contributed by atoms with Crippen molar-refractivity contribution in [2.45, 2.75) is 11.4 Å². The van der Waals surface area contributed by atoms with E-state index in [4.69, 9.17) is 5.73 Å². The number of aromatic nitrogens is 1. The Hall–Kier alpha value is -1.51. The summed E-state index contributed by atoms with van der Waals surface area (Å²) in [4.78, 5) is 17.1. The first-order valence-electron chi connectivity index (χ1n) is 5.84. The second kappa shape index (κ2) is 5.24. The summed E-state index contributed by atoms with van der Waals surface area (Å²) < 4.78 is 25.8. The molecule has 1 amide bonds. The van der Waals surface area contributed by atoms with Crippen LogP contribution in [0.3, 0.4) is 0 Å². The monoisotopic (exact) mass is 284 g/mol. The van der Waals surface area contributed by atoms with E-state index in [0.717, 1.165) is 0 Å². The third kappa shape index (κ3) is 2.75. The first-order valence-corrected chi connectivity index (χ1v) is 7.28. The molecule has 0 aromatic carbocycles. The summed E-state index contributed by atoms with van der Waals surface area (Å²) in [6.07, 6.45) is 1.28. The molecule has 1 aliphatic rings. The summed E-state index contributed by atoms with van der Waals surface area (Å²) in [6.45, 7) is 0.820. The maximum absolute atomic E-state index is 12.3. The molecule has 1 aliphatic heterocycles. The number of amides is 1. The molecule has 104 valence electrons. The van der Waals surface area contributed by atoms with Crippen molar-refractivity contribution < 1.29 is 13.2 Å². The van der Waals surface area contributed by atoms with Gasteiger partial charge in [-0.25, -0.2) is 8.42 Å². The average molecular weight is 284 g/mol. The summed E-state index contributed by atoms with van der Waals surface area (Å²) in [6, 6.07) is 3.04. The molecule has 0 bridgehead atoms. The number of nitrogens with two attached hydrogens (primary N) is 1. The van der Waals surface area contributed by atoms with Gasteiger partial charge in [-0.2, -0.15) is 4.31 Å². The third-order valence-electron chi connectivity index (χ3n) is 3.07. The van der Waals surface area contributed by atoms with Crippen molar-refractivity contribution >= 4 is 15.9 Å². The van der Waals surface area contributed by atoms with Gasteiger partial charge in [0, 0.05) is 32.9 Å². The highest BCUT2D eigenvalue weighted by molar-refractivity contribution is 7.89. The summed E-state index contributed by atoms with van der Waals surface area (Å²) >= 11 is 0. The highest BCUT2D eigenvalue weighted by Gasteiger charge is 2.31. The number of hydrogen-bond acceptors (Lipinski definition) is 5. The Morgan fingerprint density at radius 2 is 2.11 bits per heavy atom. The van der Waals surface area contributed by atoms with E-state index in [-0.39, 0.29) is 23.9 Å². The van der Waals surface area contributed by atoms with Crippen molar-refractivity contribution in [3.8, 4) is 0 Å². The number of rotatable bonds is 3. The lowest BCUT2D eigenvalue weighted by atomic mass is 10.4. The van der Waals surface area contributed by atoms with Crippen LogP contribution in [0.2, 0.25) is 0 Å². The van der Waals surface area contributed by atoms with Crippen molar-refractivity contribution in [3.05, 3.63) is 24.0 Å². The molecule has 7 nitrogen and oxygen atoms in total. The third-order valence-corrected chi connectivity index (χ3v) is 4.90. The minimum Gasteiger partial charge on any atom is -0.343 e. The molecule has 2 rings (SSSR count). The minimum absolute atomic E-state index is 0.0852. The van der Waals surface area contributed by atoms with Gasteiger partial charge in [0.15, 0.2) is 0 Å². The Kier molecular flexibility index (Phi) is 3.83. The smallest absolute Gasteiger partial charge is 0.245 e. The molecule has 1 saturated heterocycles. The quantitative estimate of drug-likeness (QED) is 0.768. The molecule has 1 aromatic heterocycles. The van der Waals surface area contributed by atoms with E-state index in [9.17, 15) is 13.2 Å². The first-order chi connectivity index (χ1) is 8.95. The van der Waals surface area contributed by atoms with Gasteiger partial charge in [0.2, 0.25) is 15.9 Å². The van der Waals surface area contributed by atoms with Crippen molar-refractivity contribution in [3.63, 3.8) is 0 Å². The molecule has 2 heterocycles. The normalized spacial score (nSPS) is 17.8. The van der Waals surface area contributed by atoms with Crippen LogP contribution < -0.4 is 5.73 Å². The van der Waals surface area contributed by atoms with Gasteiger partial charge in [-0.1, -0.05) is 0 Å². The van der Waals surface area contributed by atoms with Gasteiger partial charge in [-0.05, 0) is 12.1 Å². The van der Waals surface area contributed by atoms with Gasteiger partial charge in [-0.15, -0.1) is 0 Å². The SMILES string of the molecule is CN1CCN(S(=O)(=O)c2ccc(CN)nc2)CC1=O. The van der Waals surface area contributed by atoms with Crippen molar-refractivity contribution in [1.29, 1.82) is 0 Å². The minimum atomic E-state index is -3.66. The highest BCUT2D eigenvalue weighted by atomic mass is 32.2. The molecule has 19 heavy (non-hydrogen) atoms. The number of pyridine rings is 1. The maximum Gasteiger partial charge on any atom is 0.245 e. The van der Waals surface area contributed by atoms with Crippen LogP contribution in [0, 0.1) is 0 Å². The average Bonchev–Trinajstić information content (AvgIpc) is 2.41. The predicted molar refractivity (Wildman–Crippen MR) is 68.5 cm³/mol. The zero-order chi connectivity index (χ0) is 14.0. The van der Waals surface area contributed by atoms with Crippen LogP contribution in [0.15, 0.2) is 23.2 Å². The fraction of sp³-hybridized carbons (Fsp3) is 0.455. The maximum atomic E-state index is 12.3. The van der Waals surface area contributed by atoms with E-state index >= 15 is 0 Å². The summed E-state index contributed by atoms with van der Waals surface area (Å²) in [5.41, 5.74) is 6.03. The van der Waals surface area contributed by atoms with E-state index in [2.05, 4.69) is 4.98 Å². The van der Waals surface area contributed by atoms with E-state index in [1.807, 2.05) is 0 Å². The fourth-order valence-electron chi connectivity index (χ4n) is 1.78. The predicted octanol–water partition coefficient (Wildman–Crippen LogP) is -0.997. The number of hydrogen-bond donors (Lipinski definition) is 1. The number of carbonyl (C=O) groups is 1.